The highest BCUT2D eigenvalue weighted by Crippen LogP contribution is 2.21. The Morgan fingerprint density at radius 2 is 2.23 bits per heavy atom. The van der Waals surface area contributed by atoms with E-state index in [2.05, 4.69) is 22.5 Å². The van der Waals surface area contributed by atoms with Crippen LogP contribution in [0.3, 0.4) is 0 Å². The first-order valence-electron chi connectivity index (χ1n) is 3.71. The van der Waals surface area contributed by atoms with Gasteiger partial charge in [-0.3, -0.25) is 4.79 Å². The summed E-state index contributed by atoms with van der Waals surface area (Å²) in [5, 5.41) is 0. The molecule has 1 radical (unpaired) electrons. The van der Waals surface area contributed by atoms with E-state index >= 15 is 0 Å². The van der Waals surface area contributed by atoms with Crippen LogP contribution in [-0.2, 0) is 0 Å². The Morgan fingerprint density at radius 1 is 1.54 bits per heavy atom. The van der Waals surface area contributed by atoms with Crippen molar-refractivity contribution in [2.24, 2.45) is 5.73 Å². The average molecular weight is 239 g/mol. The molecule has 0 aliphatic heterocycles. The van der Waals surface area contributed by atoms with Crippen LogP contribution < -0.4 is 5.73 Å². The topological polar surface area (TPSA) is 43.1 Å². The molecule has 0 saturated carbocycles. The summed E-state index contributed by atoms with van der Waals surface area (Å²) in [5.74, 6) is -0.444. The molecule has 1 rings (SSSR count). The van der Waals surface area contributed by atoms with Crippen LogP contribution in [0.2, 0.25) is 0 Å². The summed E-state index contributed by atoms with van der Waals surface area (Å²) in [6.45, 7) is 3.56. The van der Waals surface area contributed by atoms with E-state index in [1.54, 1.807) is 18.6 Å². The summed E-state index contributed by atoms with van der Waals surface area (Å²) in [6.07, 6.45) is 3.36. The van der Waals surface area contributed by atoms with Crippen LogP contribution in [0.25, 0.3) is 0 Å². The number of benzene rings is 1. The zero-order chi connectivity index (χ0) is 9.84. The standard InChI is InChI=1S/C10H9BrNO/c1-2-4-7-5-3-6-8(11)9(7)10(12)13/h2-6H,1H2,(H2,12,13). The second-order valence-corrected chi connectivity index (χ2v) is 3.33. The van der Waals surface area contributed by atoms with E-state index in [1.807, 2.05) is 12.1 Å². The fraction of sp³-hybridized carbons (Fsp3) is 0. The lowest BCUT2D eigenvalue weighted by molar-refractivity contribution is 0.0999. The first-order chi connectivity index (χ1) is 6.16. The molecule has 13 heavy (non-hydrogen) atoms. The van der Waals surface area contributed by atoms with Crippen LogP contribution in [-0.4, -0.2) is 5.91 Å². The monoisotopic (exact) mass is 238 g/mol. The number of primary amides is 1. The van der Waals surface area contributed by atoms with E-state index < -0.39 is 5.91 Å². The molecule has 1 amide bonds. The summed E-state index contributed by atoms with van der Waals surface area (Å²) >= 11 is 3.26. The van der Waals surface area contributed by atoms with Gasteiger partial charge in [-0.2, -0.15) is 0 Å². The lowest BCUT2D eigenvalue weighted by Crippen LogP contribution is -2.14. The average Bonchev–Trinajstić information content (AvgIpc) is 2.04. The molecule has 0 aliphatic carbocycles. The molecule has 0 heterocycles. The van der Waals surface area contributed by atoms with E-state index in [-0.39, 0.29) is 0 Å². The molecule has 0 atom stereocenters. The zero-order valence-electron chi connectivity index (χ0n) is 6.96. The van der Waals surface area contributed by atoms with Crippen molar-refractivity contribution in [2.75, 3.05) is 0 Å². The van der Waals surface area contributed by atoms with Crippen molar-refractivity contribution in [3.8, 4) is 0 Å². The van der Waals surface area contributed by atoms with E-state index in [4.69, 9.17) is 5.73 Å². The maximum absolute atomic E-state index is 11.1. The third kappa shape index (κ3) is 2.18. The summed E-state index contributed by atoms with van der Waals surface area (Å²) in [6, 6.07) is 5.43. The molecule has 1 aromatic carbocycles. The number of hydrogen-bond donors (Lipinski definition) is 1. The first-order valence-corrected chi connectivity index (χ1v) is 4.50. The largest absolute Gasteiger partial charge is 0.366 e. The van der Waals surface area contributed by atoms with Crippen molar-refractivity contribution in [1.82, 2.24) is 0 Å². The molecule has 2 N–H and O–H groups in total. The lowest BCUT2D eigenvalue weighted by atomic mass is 10.0. The third-order valence-corrected chi connectivity index (χ3v) is 2.25. The van der Waals surface area contributed by atoms with Crippen molar-refractivity contribution >= 4 is 21.8 Å². The van der Waals surface area contributed by atoms with Gasteiger partial charge in [0.1, 0.15) is 0 Å². The summed E-state index contributed by atoms with van der Waals surface area (Å²) < 4.78 is 0.704. The van der Waals surface area contributed by atoms with Crippen molar-refractivity contribution in [3.05, 3.63) is 52.9 Å². The number of hydrogen-bond acceptors (Lipinski definition) is 1. The highest BCUT2D eigenvalue weighted by atomic mass is 79.9. The van der Waals surface area contributed by atoms with Crippen LogP contribution in [0, 0.1) is 6.42 Å². The van der Waals surface area contributed by atoms with Gasteiger partial charge < -0.3 is 5.73 Å². The fourth-order valence-corrected chi connectivity index (χ4v) is 1.64. The molecule has 0 aromatic heterocycles. The van der Waals surface area contributed by atoms with Gasteiger partial charge in [-0.05, 0) is 27.6 Å². The van der Waals surface area contributed by atoms with Gasteiger partial charge in [0.05, 0.1) is 5.56 Å². The van der Waals surface area contributed by atoms with Gasteiger partial charge in [0, 0.05) is 10.9 Å². The second kappa shape index (κ2) is 4.23. The van der Waals surface area contributed by atoms with Gasteiger partial charge in [-0.15, -0.1) is 6.58 Å². The molecule has 2 nitrogen and oxygen atoms in total. The maximum atomic E-state index is 11.1. The Bertz CT molecular complexity index is 347. The Kier molecular flexibility index (Phi) is 3.25. The minimum Gasteiger partial charge on any atom is -0.366 e. The van der Waals surface area contributed by atoms with E-state index in [1.165, 1.54) is 0 Å². The van der Waals surface area contributed by atoms with Gasteiger partial charge in [0.25, 0.3) is 0 Å². The molecule has 1 aromatic rings. The molecule has 0 spiro atoms. The number of carbonyl (C=O) groups is 1. The second-order valence-electron chi connectivity index (χ2n) is 2.47. The van der Waals surface area contributed by atoms with Crippen molar-refractivity contribution in [3.63, 3.8) is 0 Å². The normalized spacial score (nSPS) is 9.62. The molecule has 0 unspecified atom stereocenters. The number of carbonyl (C=O) groups excluding carboxylic acids is 1. The number of amides is 1. The highest BCUT2D eigenvalue weighted by Gasteiger charge is 2.10. The minimum atomic E-state index is -0.444. The van der Waals surface area contributed by atoms with Crippen LogP contribution >= 0.6 is 15.9 Å². The van der Waals surface area contributed by atoms with Gasteiger partial charge >= 0.3 is 0 Å². The smallest absolute Gasteiger partial charge is 0.250 e. The SMILES string of the molecule is C=C[CH]c1cccc(Br)c1C(N)=O. The molecule has 0 bridgehead atoms. The van der Waals surface area contributed by atoms with Gasteiger partial charge in [-0.1, -0.05) is 18.2 Å². The summed E-state index contributed by atoms with van der Waals surface area (Å²) in [4.78, 5) is 11.1. The van der Waals surface area contributed by atoms with Crippen LogP contribution in [0.1, 0.15) is 15.9 Å². The van der Waals surface area contributed by atoms with Gasteiger partial charge in [-0.25, -0.2) is 0 Å². The molecular weight excluding hydrogens is 230 g/mol. The minimum absolute atomic E-state index is 0.444. The van der Waals surface area contributed by atoms with Crippen molar-refractivity contribution in [1.29, 1.82) is 0 Å². The molecular formula is C10H9BrNO. The quantitative estimate of drug-likeness (QED) is 0.863. The van der Waals surface area contributed by atoms with Crippen LogP contribution in [0.5, 0.6) is 0 Å². The maximum Gasteiger partial charge on any atom is 0.250 e. The van der Waals surface area contributed by atoms with Crippen LogP contribution in [0.4, 0.5) is 0 Å². The molecule has 0 aliphatic rings. The Morgan fingerprint density at radius 3 is 2.77 bits per heavy atom. The molecule has 3 heteroatoms. The summed E-state index contributed by atoms with van der Waals surface area (Å²) in [5.41, 5.74) is 6.49. The fourth-order valence-electron chi connectivity index (χ4n) is 1.07. The lowest BCUT2D eigenvalue weighted by Gasteiger charge is -2.05. The van der Waals surface area contributed by atoms with Crippen molar-refractivity contribution in [2.45, 2.75) is 0 Å². The molecule has 0 fully saturated rings. The number of allylic oxidation sites excluding steroid dienone is 1. The van der Waals surface area contributed by atoms with E-state index in [9.17, 15) is 4.79 Å². The van der Waals surface area contributed by atoms with Gasteiger partial charge in [0.15, 0.2) is 0 Å². The third-order valence-electron chi connectivity index (χ3n) is 1.59. The van der Waals surface area contributed by atoms with Crippen LogP contribution in [0.15, 0.2) is 35.3 Å². The predicted octanol–water partition coefficient (Wildman–Crippen LogP) is 2.29. The van der Waals surface area contributed by atoms with E-state index in [0.29, 0.717) is 10.0 Å². The number of rotatable bonds is 3. The van der Waals surface area contributed by atoms with Gasteiger partial charge in [0.2, 0.25) is 5.91 Å². The molecule has 67 valence electrons. The van der Waals surface area contributed by atoms with E-state index in [0.717, 1.165) is 5.56 Å². The molecule has 0 saturated heterocycles. The highest BCUT2D eigenvalue weighted by molar-refractivity contribution is 9.10. The number of nitrogens with two attached hydrogens (primary N) is 1. The van der Waals surface area contributed by atoms with Crippen molar-refractivity contribution < 1.29 is 4.79 Å². The Labute approximate surface area is 85.6 Å². The summed E-state index contributed by atoms with van der Waals surface area (Å²) in [7, 11) is 0. The Balaban J connectivity index is 3.25. The zero-order valence-corrected chi connectivity index (χ0v) is 8.54. The predicted molar refractivity (Wildman–Crippen MR) is 56.3 cm³/mol. The Hall–Kier alpha value is -1.09. The first kappa shape index (κ1) is 9.99. The number of halogens is 1.